The molecule has 0 saturated carbocycles. The van der Waals surface area contributed by atoms with Crippen LogP contribution in [0, 0.1) is 13.8 Å². The number of hydrogen-bond acceptors (Lipinski definition) is 6. The van der Waals surface area contributed by atoms with Gasteiger partial charge in [-0.2, -0.15) is 5.10 Å². The predicted octanol–water partition coefficient (Wildman–Crippen LogP) is 2.93. The van der Waals surface area contributed by atoms with Crippen molar-refractivity contribution in [3.8, 4) is 0 Å². The lowest BCUT2D eigenvalue weighted by atomic mass is 10.1. The first-order chi connectivity index (χ1) is 14.8. The van der Waals surface area contributed by atoms with Gasteiger partial charge >= 0.3 is 0 Å². The Morgan fingerprint density at radius 1 is 1.16 bits per heavy atom. The van der Waals surface area contributed by atoms with Gasteiger partial charge in [0.1, 0.15) is 0 Å². The second-order valence-electron chi connectivity index (χ2n) is 8.23. The summed E-state index contributed by atoms with van der Waals surface area (Å²) in [5.41, 5.74) is 3.80. The Hall–Kier alpha value is -2.00. The minimum atomic E-state index is -2.96. The fourth-order valence-corrected chi connectivity index (χ4v) is 7.15. The number of aryl methyl sites for hydroxylation is 1. The number of thioether (sulfide) groups is 1. The molecule has 0 spiro atoms. The third-order valence-electron chi connectivity index (χ3n) is 6.14. The van der Waals surface area contributed by atoms with E-state index in [4.69, 9.17) is 5.10 Å². The van der Waals surface area contributed by atoms with E-state index in [2.05, 4.69) is 11.8 Å². The fraction of sp³-hybridized carbons (Fsp3) is 0.545. The van der Waals surface area contributed by atoms with E-state index in [9.17, 15) is 13.2 Å². The summed E-state index contributed by atoms with van der Waals surface area (Å²) in [5.74, 6) is 1.44. The Morgan fingerprint density at radius 2 is 1.87 bits per heavy atom. The minimum Gasteiger partial charge on any atom is -0.365 e. The molecule has 31 heavy (non-hydrogen) atoms. The molecular weight excluding hydrogens is 432 g/mol. The summed E-state index contributed by atoms with van der Waals surface area (Å²) < 4.78 is 25.7. The van der Waals surface area contributed by atoms with E-state index in [1.54, 1.807) is 11.8 Å². The summed E-state index contributed by atoms with van der Waals surface area (Å²) in [5, 5.41) is 4.69. The van der Waals surface area contributed by atoms with E-state index in [1.807, 2.05) is 47.7 Å². The molecule has 2 fully saturated rings. The first-order valence-electron chi connectivity index (χ1n) is 10.8. The summed E-state index contributed by atoms with van der Waals surface area (Å²) in [6.07, 6.45) is 0.626. The van der Waals surface area contributed by atoms with Crippen LogP contribution in [0.1, 0.15) is 41.1 Å². The van der Waals surface area contributed by atoms with E-state index in [1.165, 1.54) is 0 Å². The highest BCUT2D eigenvalue weighted by molar-refractivity contribution is 7.99. The van der Waals surface area contributed by atoms with E-state index in [0.717, 1.165) is 46.4 Å². The van der Waals surface area contributed by atoms with Crippen LogP contribution in [-0.4, -0.2) is 72.4 Å². The van der Waals surface area contributed by atoms with Gasteiger partial charge in [-0.05, 0) is 38.2 Å². The smallest absolute Gasteiger partial charge is 0.255 e. The molecule has 9 heteroatoms. The average Bonchev–Trinajstić information content (AvgIpc) is 3.26. The highest BCUT2D eigenvalue weighted by atomic mass is 32.2. The van der Waals surface area contributed by atoms with Crippen molar-refractivity contribution in [2.75, 3.05) is 48.3 Å². The zero-order valence-electron chi connectivity index (χ0n) is 18.4. The maximum Gasteiger partial charge on any atom is 0.255 e. The summed E-state index contributed by atoms with van der Waals surface area (Å²) in [6.45, 7) is 8.90. The number of nitrogens with zero attached hydrogens (tertiary/aromatic N) is 4. The van der Waals surface area contributed by atoms with Gasteiger partial charge in [0, 0.05) is 31.1 Å². The third-order valence-corrected chi connectivity index (χ3v) is 8.85. The molecule has 0 aliphatic carbocycles. The van der Waals surface area contributed by atoms with Crippen molar-refractivity contribution in [2.24, 2.45) is 0 Å². The second kappa shape index (κ2) is 8.86. The van der Waals surface area contributed by atoms with Gasteiger partial charge < -0.3 is 9.80 Å². The summed E-state index contributed by atoms with van der Waals surface area (Å²) in [6, 6.07) is 7.76. The van der Waals surface area contributed by atoms with Crippen LogP contribution in [0.3, 0.4) is 0 Å². The monoisotopic (exact) mass is 462 g/mol. The van der Waals surface area contributed by atoms with Gasteiger partial charge in [0.15, 0.2) is 9.84 Å². The summed E-state index contributed by atoms with van der Waals surface area (Å²) in [7, 11) is -2.96. The molecule has 3 heterocycles. The topological polar surface area (TPSA) is 75.5 Å². The highest BCUT2D eigenvalue weighted by Crippen LogP contribution is 2.32. The lowest BCUT2D eigenvalue weighted by Gasteiger charge is -2.36. The molecule has 2 saturated heterocycles. The van der Waals surface area contributed by atoms with E-state index in [-0.39, 0.29) is 23.5 Å². The Balaban J connectivity index is 1.47. The van der Waals surface area contributed by atoms with Gasteiger partial charge in [-0.1, -0.05) is 19.1 Å². The zero-order chi connectivity index (χ0) is 22.2. The average molecular weight is 463 g/mol. The maximum absolute atomic E-state index is 13.1. The maximum atomic E-state index is 13.1. The van der Waals surface area contributed by atoms with Crippen LogP contribution in [-0.2, 0) is 9.84 Å². The fourth-order valence-electron chi connectivity index (χ4n) is 4.66. The predicted molar refractivity (Wildman–Crippen MR) is 125 cm³/mol. The quantitative estimate of drug-likeness (QED) is 0.636. The molecule has 1 atom stereocenters. The van der Waals surface area contributed by atoms with Gasteiger partial charge in [0.2, 0.25) is 0 Å². The van der Waals surface area contributed by atoms with Crippen molar-refractivity contribution in [3.05, 3.63) is 41.2 Å². The van der Waals surface area contributed by atoms with Gasteiger partial charge in [-0.25, -0.2) is 8.42 Å². The number of carbonyl (C=O) groups is 1. The van der Waals surface area contributed by atoms with E-state index < -0.39 is 9.84 Å². The standard InChI is InChI=1S/C22H30N4O3S2/c1-4-30-20-8-6-5-7-19(20)22(27)25-12-10-24(11-13-25)21-16(2)23-26(17(21)3)18-9-14-31(28,29)15-18/h5-8,18H,4,9-15H2,1-3H3. The number of piperazine rings is 1. The molecule has 2 aromatic rings. The molecule has 4 rings (SSSR count). The zero-order valence-corrected chi connectivity index (χ0v) is 20.0. The lowest BCUT2D eigenvalue weighted by molar-refractivity contribution is 0.0743. The lowest BCUT2D eigenvalue weighted by Crippen LogP contribution is -2.49. The number of rotatable bonds is 5. The molecular formula is C22H30N4O3S2. The third kappa shape index (κ3) is 4.48. The van der Waals surface area contributed by atoms with E-state index in [0.29, 0.717) is 19.5 Å². The number of benzene rings is 1. The van der Waals surface area contributed by atoms with Crippen LogP contribution >= 0.6 is 11.8 Å². The molecule has 0 radical (unpaired) electrons. The molecule has 7 nitrogen and oxygen atoms in total. The molecule has 0 N–H and O–H groups in total. The van der Waals surface area contributed by atoms with Crippen LogP contribution in [0.2, 0.25) is 0 Å². The normalized spacial score (nSPS) is 20.9. The Labute approximate surface area is 188 Å². The number of aromatic nitrogens is 2. The molecule has 168 valence electrons. The van der Waals surface area contributed by atoms with Gasteiger partial charge in [-0.3, -0.25) is 9.48 Å². The highest BCUT2D eigenvalue weighted by Gasteiger charge is 2.33. The number of sulfone groups is 1. The number of carbonyl (C=O) groups excluding carboxylic acids is 1. The van der Waals surface area contributed by atoms with Crippen LogP contribution in [0.5, 0.6) is 0 Å². The van der Waals surface area contributed by atoms with Crippen LogP contribution in [0.25, 0.3) is 0 Å². The first-order valence-corrected chi connectivity index (χ1v) is 13.6. The van der Waals surface area contributed by atoms with Crippen LogP contribution < -0.4 is 4.90 Å². The van der Waals surface area contributed by atoms with Crippen LogP contribution in [0.4, 0.5) is 5.69 Å². The van der Waals surface area contributed by atoms with Crippen molar-refractivity contribution in [1.82, 2.24) is 14.7 Å². The SMILES string of the molecule is CCSc1ccccc1C(=O)N1CCN(c2c(C)nn(C3CCS(=O)(=O)C3)c2C)CC1. The first kappa shape index (κ1) is 22.2. The van der Waals surface area contributed by atoms with E-state index >= 15 is 0 Å². The van der Waals surface area contributed by atoms with Crippen molar-refractivity contribution < 1.29 is 13.2 Å². The number of hydrogen-bond donors (Lipinski definition) is 0. The second-order valence-corrected chi connectivity index (χ2v) is 11.8. The van der Waals surface area contributed by atoms with Crippen molar-refractivity contribution >= 4 is 33.2 Å². The number of amides is 1. The Morgan fingerprint density at radius 3 is 2.52 bits per heavy atom. The summed E-state index contributed by atoms with van der Waals surface area (Å²) in [4.78, 5) is 18.4. The van der Waals surface area contributed by atoms with Gasteiger partial charge in [0.25, 0.3) is 5.91 Å². The summed E-state index contributed by atoms with van der Waals surface area (Å²) >= 11 is 1.70. The van der Waals surface area contributed by atoms with Gasteiger partial charge in [0.05, 0.1) is 40.2 Å². The molecule has 1 amide bonds. The molecule has 1 unspecified atom stereocenters. The Bertz CT molecular complexity index is 1070. The molecule has 0 bridgehead atoms. The molecule has 2 aliphatic rings. The van der Waals surface area contributed by atoms with Crippen molar-refractivity contribution in [3.63, 3.8) is 0 Å². The Kier molecular flexibility index (Phi) is 6.35. The minimum absolute atomic E-state index is 0.0760. The van der Waals surface area contributed by atoms with Crippen molar-refractivity contribution in [1.29, 1.82) is 0 Å². The molecule has 2 aliphatic heterocycles. The number of anilines is 1. The largest absolute Gasteiger partial charge is 0.365 e. The molecule has 1 aromatic heterocycles. The van der Waals surface area contributed by atoms with Crippen molar-refractivity contribution in [2.45, 2.75) is 38.1 Å². The molecule has 1 aromatic carbocycles. The van der Waals surface area contributed by atoms with Gasteiger partial charge in [-0.15, -0.1) is 11.8 Å². The van der Waals surface area contributed by atoms with Crippen LogP contribution in [0.15, 0.2) is 29.2 Å².